The number of nitrogens with zero attached hydrogens (tertiary/aromatic N) is 1. The Bertz CT molecular complexity index is 1030. The van der Waals surface area contributed by atoms with E-state index >= 15 is 0 Å². The lowest BCUT2D eigenvalue weighted by atomic mass is 10.1. The van der Waals surface area contributed by atoms with Crippen LogP contribution in [0.2, 0.25) is 0 Å². The molecule has 37 heavy (non-hydrogen) atoms. The van der Waals surface area contributed by atoms with E-state index in [2.05, 4.69) is 36.1 Å². The predicted octanol–water partition coefficient (Wildman–Crippen LogP) is 7.85. The monoisotopic (exact) mass is 521 g/mol. The van der Waals surface area contributed by atoms with Crippen LogP contribution in [0.3, 0.4) is 0 Å². The zero-order valence-electron chi connectivity index (χ0n) is 22.8. The summed E-state index contributed by atoms with van der Waals surface area (Å²) in [6.07, 6.45) is 1.21. The van der Waals surface area contributed by atoms with E-state index in [0.29, 0.717) is 18.7 Å². The van der Waals surface area contributed by atoms with Crippen molar-refractivity contribution in [3.05, 3.63) is 59.4 Å². The number of fused-ring (bicyclic) bond motifs is 1. The second kappa shape index (κ2) is 17.6. The Morgan fingerprint density at radius 2 is 1.84 bits per heavy atom. The topological polar surface area (TPSA) is 67.0 Å². The summed E-state index contributed by atoms with van der Waals surface area (Å²) < 4.78 is 43.4. The highest BCUT2D eigenvalue weighted by Gasteiger charge is 2.30. The first-order valence-corrected chi connectivity index (χ1v) is 13.2. The first-order chi connectivity index (χ1) is 17.7. The number of nitrogens with one attached hydrogen (secondary N) is 2. The fourth-order valence-electron chi connectivity index (χ4n) is 3.36. The summed E-state index contributed by atoms with van der Waals surface area (Å²) in [5.74, 6) is 1.36. The molecule has 8 heteroatoms. The number of aryl methyl sites for hydroxylation is 1. The molecule has 0 unspecified atom stereocenters. The number of imidazole rings is 1. The molecule has 0 aliphatic carbocycles. The van der Waals surface area contributed by atoms with Gasteiger partial charge in [0, 0.05) is 0 Å². The largest absolute Gasteiger partial charge is 0.494 e. The third-order valence-corrected chi connectivity index (χ3v) is 5.29. The van der Waals surface area contributed by atoms with Crippen LogP contribution in [0.25, 0.3) is 11.0 Å². The summed E-state index contributed by atoms with van der Waals surface area (Å²) in [5.41, 5.74) is 1.93. The highest BCUT2D eigenvalue weighted by Crippen LogP contribution is 2.31. The van der Waals surface area contributed by atoms with E-state index in [1.54, 1.807) is 0 Å². The molecule has 2 aromatic carbocycles. The Morgan fingerprint density at radius 3 is 2.49 bits per heavy atom. The van der Waals surface area contributed by atoms with Crippen molar-refractivity contribution >= 4 is 17.3 Å². The van der Waals surface area contributed by atoms with Gasteiger partial charge in [0.15, 0.2) is 12.1 Å². The van der Waals surface area contributed by atoms with Crippen LogP contribution in [-0.2, 0) is 12.6 Å². The van der Waals surface area contributed by atoms with E-state index in [1.165, 1.54) is 38.1 Å². The van der Waals surface area contributed by atoms with Crippen molar-refractivity contribution in [2.75, 3.05) is 19.7 Å². The molecule has 0 amide bonds. The Balaban J connectivity index is 0.000000529. The molecule has 0 aliphatic heterocycles. The number of aldehydes is 1. The molecular weight excluding hydrogens is 479 g/mol. The van der Waals surface area contributed by atoms with Gasteiger partial charge in [-0.3, -0.25) is 4.79 Å². The summed E-state index contributed by atoms with van der Waals surface area (Å²) in [4.78, 5) is 17.8. The minimum absolute atomic E-state index is 0.222. The average molecular weight is 522 g/mol. The molecule has 206 valence electrons. The summed E-state index contributed by atoms with van der Waals surface area (Å²) in [7, 11) is 0. The fourth-order valence-corrected chi connectivity index (χ4v) is 3.36. The van der Waals surface area contributed by atoms with E-state index < -0.39 is 11.7 Å². The molecule has 2 N–H and O–H groups in total. The summed E-state index contributed by atoms with van der Waals surface area (Å²) >= 11 is 0. The Kier molecular flexibility index (Phi) is 15.3. The van der Waals surface area contributed by atoms with Gasteiger partial charge in [-0.25, -0.2) is 4.98 Å². The molecule has 0 atom stereocenters. The number of aromatic amines is 1. The van der Waals surface area contributed by atoms with Crippen molar-refractivity contribution in [3.63, 3.8) is 0 Å². The number of H-pyrrole nitrogens is 1. The van der Waals surface area contributed by atoms with E-state index in [0.717, 1.165) is 53.9 Å². The maximum absolute atomic E-state index is 12.7. The Labute approximate surface area is 219 Å². The standard InChI is InChI=1S/C19H17F3N2O2.C8H19N.C2H6/c20-19(21,22)14-5-3-6-15(11-14)26-9-2-1-4-13-7-8-16-17(10-13)24-18(12-25)23-16;1-4-6-9-7-5-8(2)3;1-2/h3,5-8,10-12H,1-2,4,9H2,(H,23,24);8-9H,4-7H2,1-3H3;1-2H3. The number of carbonyl (C=O) groups is 1. The number of halogens is 3. The normalized spacial score (nSPS) is 10.9. The van der Waals surface area contributed by atoms with Gasteiger partial charge in [-0.15, -0.1) is 0 Å². The first kappa shape index (κ1) is 32.2. The molecule has 0 saturated carbocycles. The minimum Gasteiger partial charge on any atom is -0.494 e. The lowest BCUT2D eigenvalue weighted by molar-refractivity contribution is -0.137. The summed E-state index contributed by atoms with van der Waals surface area (Å²) in [6.45, 7) is 13.4. The number of unbranched alkanes of at least 4 members (excludes halogenated alkanes) is 1. The van der Waals surface area contributed by atoms with Crippen LogP contribution in [0.1, 0.15) is 82.0 Å². The number of benzene rings is 2. The zero-order valence-corrected chi connectivity index (χ0v) is 22.8. The van der Waals surface area contributed by atoms with E-state index in [4.69, 9.17) is 4.74 Å². The van der Waals surface area contributed by atoms with Gasteiger partial charge in [0.1, 0.15) is 5.75 Å². The van der Waals surface area contributed by atoms with Crippen molar-refractivity contribution in [1.82, 2.24) is 15.3 Å². The SMILES string of the molecule is CC.CCCNCCC(C)C.O=Cc1nc2ccc(CCCCOc3cccc(C(F)(F)F)c3)cc2[nH]1. The minimum atomic E-state index is -4.37. The predicted molar refractivity (Wildman–Crippen MR) is 145 cm³/mol. The van der Waals surface area contributed by atoms with Crippen LogP contribution in [0.5, 0.6) is 5.75 Å². The van der Waals surface area contributed by atoms with E-state index in [1.807, 2.05) is 32.0 Å². The molecule has 3 rings (SSSR count). The van der Waals surface area contributed by atoms with Gasteiger partial charge in [-0.1, -0.05) is 46.8 Å². The van der Waals surface area contributed by atoms with Crippen LogP contribution < -0.4 is 10.1 Å². The molecule has 0 radical (unpaired) electrons. The van der Waals surface area contributed by atoms with Crippen molar-refractivity contribution in [3.8, 4) is 5.75 Å². The number of carbonyl (C=O) groups excluding carboxylic acids is 1. The van der Waals surface area contributed by atoms with Crippen LogP contribution in [0, 0.1) is 5.92 Å². The molecular formula is C29H42F3N3O2. The van der Waals surface area contributed by atoms with Crippen LogP contribution in [0.4, 0.5) is 13.2 Å². The molecule has 0 bridgehead atoms. The van der Waals surface area contributed by atoms with Gasteiger partial charge in [-0.05, 0) is 87.0 Å². The van der Waals surface area contributed by atoms with Crippen molar-refractivity contribution in [1.29, 1.82) is 0 Å². The molecule has 0 spiro atoms. The van der Waals surface area contributed by atoms with Crippen molar-refractivity contribution < 1.29 is 22.7 Å². The third-order valence-electron chi connectivity index (χ3n) is 5.29. The van der Waals surface area contributed by atoms with Crippen LogP contribution in [0.15, 0.2) is 42.5 Å². The highest BCUT2D eigenvalue weighted by molar-refractivity contribution is 5.82. The van der Waals surface area contributed by atoms with Crippen molar-refractivity contribution in [2.24, 2.45) is 5.92 Å². The Morgan fingerprint density at radius 1 is 1.08 bits per heavy atom. The molecule has 0 fully saturated rings. The number of rotatable bonds is 12. The van der Waals surface area contributed by atoms with E-state index in [9.17, 15) is 18.0 Å². The zero-order chi connectivity index (χ0) is 27.7. The highest BCUT2D eigenvalue weighted by atomic mass is 19.4. The smallest absolute Gasteiger partial charge is 0.416 e. The quantitative estimate of drug-likeness (QED) is 0.188. The average Bonchev–Trinajstić information content (AvgIpc) is 3.30. The van der Waals surface area contributed by atoms with E-state index in [-0.39, 0.29) is 5.75 Å². The molecule has 1 aromatic heterocycles. The number of alkyl halides is 3. The summed E-state index contributed by atoms with van der Waals surface area (Å²) in [6, 6.07) is 10.6. The molecule has 1 heterocycles. The molecule has 3 aromatic rings. The van der Waals surface area contributed by atoms with Gasteiger partial charge < -0.3 is 15.0 Å². The second-order valence-corrected chi connectivity index (χ2v) is 8.86. The number of ether oxygens (including phenoxy) is 1. The second-order valence-electron chi connectivity index (χ2n) is 8.86. The van der Waals surface area contributed by atoms with Gasteiger partial charge >= 0.3 is 6.18 Å². The van der Waals surface area contributed by atoms with Crippen molar-refractivity contribution in [2.45, 2.75) is 72.9 Å². The van der Waals surface area contributed by atoms with Crippen LogP contribution >= 0.6 is 0 Å². The van der Waals surface area contributed by atoms with Crippen LogP contribution in [-0.4, -0.2) is 36.0 Å². The third kappa shape index (κ3) is 12.8. The van der Waals surface area contributed by atoms with Gasteiger partial charge in [0.05, 0.1) is 23.2 Å². The lowest BCUT2D eigenvalue weighted by Crippen LogP contribution is -2.17. The molecule has 0 saturated heterocycles. The maximum Gasteiger partial charge on any atom is 0.416 e. The first-order valence-electron chi connectivity index (χ1n) is 13.2. The summed E-state index contributed by atoms with van der Waals surface area (Å²) in [5, 5.41) is 3.37. The number of hydrogen-bond donors (Lipinski definition) is 2. The number of hydrogen-bond acceptors (Lipinski definition) is 4. The van der Waals surface area contributed by atoms with Gasteiger partial charge in [0.25, 0.3) is 0 Å². The fraction of sp³-hybridized carbons (Fsp3) is 0.517. The maximum atomic E-state index is 12.7. The lowest BCUT2D eigenvalue weighted by Gasteiger charge is -2.10. The molecule has 0 aliphatic rings. The van der Waals surface area contributed by atoms with Gasteiger partial charge in [0.2, 0.25) is 0 Å². The molecule has 5 nitrogen and oxygen atoms in total. The number of aromatic nitrogens is 2. The van der Waals surface area contributed by atoms with Gasteiger partial charge in [-0.2, -0.15) is 13.2 Å². The Hall–Kier alpha value is -2.87.